The van der Waals surface area contributed by atoms with Gasteiger partial charge >= 0.3 is 5.69 Å². The van der Waals surface area contributed by atoms with Crippen molar-refractivity contribution < 1.29 is 5.11 Å². The molecular formula is C15H23N5O3. The number of anilines is 1. The largest absolute Gasteiger partial charge is 0.392 e. The van der Waals surface area contributed by atoms with Gasteiger partial charge in [-0.1, -0.05) is 19.3 Å². The molecule has 23 heavy (non-hydrogen) atoms. The van der Waals surface area contributed by atoms with Crippen molar-refractivity contribution in [2.45, 2.75) is 57.7 Å². The highest BCUT2D eigenvalue weighted by molar-refractivity contribution is 5.74. The Labute approximate surface area is 133 Å². The molecule has 0 bridgehead atoms. The highest BCUT2D eigenvalue weighted by atomic mass is 16.3. The molecule has 3 rings (SSSR count). The highest BCUT2D eigenvalue weighted by Gasteiger charge is 2.21. The standard InChI is InChI=1S/C15H23N5O3/c1-9(21)8-20-11-12(19(2)15(23)18-13(11)22)17-14(20)16-10-6-4-3-5-7-10/h9-10,21H,3-8H2,1-2H3,(H,16,17)(H,18,22,23). The SMILES string of the molecule is CC(O)Cn1c(NC2CCCCC2)nc2c1c(=O)[nH]c(=O)n2C. The third kappa shape index (κ3) is 3.03. The van der Waals surface area contributed by atoms with E-state index in [0.29, 0.717) is 23.2 Å². The molecule has 2 heterocycles. The molecule has 1 saturated carbocycles. The van der Waals surface area contributed by atoms with E-state index in [1.807, 2.05) is 0 Å². The summed E-state index contributed by atoms with van der Waals surface area (Å²) in [7, 11) is 1.57. The lowest BCUT2D eigenvalue weighted by Gasteiger charge is -2.23. The van der Waals surface area contributed by atoms with Crippen molar-refractivity contribution in [3.8, 4) is 0 Å². The predicted octanol–water partition coefficient (Wildman–Crippen LogP) is 0.549. The summed E-state index contributed by atoms with van der Waals surface area (Å²) in [5.74, 6) is 0.541. The third-order valence-corrected chi connectivity index (χ3v) is 4.39. The van der Waals surface area contributed by atoms with E-state index < -0.39 is 17.4 Å². The molecule has 1 aliphatic carbocycles. The first-order chi connectivity index (χ1) is 11.0. The van der Waals surface area contributed by atoms with Crippen LogP contribution in [0.2, 0.25) is 0 Å². The van der Waals surface area contributed by atoms with Crippen LogP contribution in [0.3, 0.4) is 0 Å². The Morgan fingerprint density at radius 2 is 2.04 bits per heavy atom. The molecule has 0 radical (unpaired) electrons. The zero-order valence-electron chi connectivity index (χ0n) is 13.5. The number of aryl methyl sites for hydroxylation is 1. The van der Waals surface area contributed by atoms with E-state index in [4.69, 9.17) is 0 Å². The highest BCUT2D eigenvalue weighted by Crippen LogP contribution is 2.23. The van der Waals surface area contributed by atoms with E-state index in [2.05, 4.69) is 15.3 Å². The van der Waals surface area contributed by atoms with Crippen LogP contribution in [0.5, 0.6) is 0 Å². The Bertz CT molecular complexity index is 811. The lowest BCUT2D eigenvalue weighted by atomic mass is 9.96. The fourth-order valence-electron chi connectivity index (χ4n) is 3.22. The third-order valence-electron chi connectivity index (χ3n) is 4.39. The average Bonchev–Trinajstić information content (AvgIpc) is 2.84. The minimum absolute atomic E-state index is 0.243. The quantitative estimate of drug-likeness (QED) is 0.763. The van der Waals surface area contributed by atoms with Crippen molar-refractivity contribution in [2.75, 3.05) is 5.32 Å². The molecule has 0 amide bonds. The number of aromatic nitrogens is 4. The van der Waals surface area contributed by atoms with Gasteiger partial charge in [-0.25, -0.2) is 4.79 Å². The lowest BCUT2D eigenvalue weighted by Crippen LogP contribution is -2.30. The lowest BCUT2D eigenvalue weighted by molar-refractivity contribution is 0.175. The molecule has 1 aliphatic rings. The summed E-state index contributed by atoms with van der Waals surface area (Å²) in [5, 5.41) is 13.2. The second kappa shape index (κ2) is 6.19. The topological polar surface area (TPSA) is 105 Å². The van der Waals surface area contributed by atoms with E-state index in [0.717, 1.165) is 12.8 Å². The first-order valence-electron chi connectivity index (χ1n) is 8.11. The van der Waals surface area contributed by atoms with Crippen LogP contribution in [-0.2, 0) is 13.6 Å². The van der Waals surface area contributed by atoms with Crippen LogP contribution >= 0.6 is 0 Å². The van der Waals surface area contributed by atoms with Crippen LogP contribution in [0.25, 0.3) is 11.2 Å². The molecular weight excluding hydrogens is 298 g/mol. The molecule has 1 fully saturated rings. The normalized spacial score (nSPS) is 17.5. The van der Waals surface area contributed by atoms with Crippen LogP contribution in [-0.4, -0.2) is 36.4 Å². The molecule has 1 atom stereocenters. The number of nitrogens with one attached hydrogen (secondary N) is 2. The number of rotatable bonds is 4. The van der Waals surface area contributed by atoms with E-state index in [1.54, 1.807) is 18.5 Å². The minimum atomic E-state index is -0.629. The smallest absolute Gasteiger partial charge is 0.329 e. The molecule has 2 aromatic heterocycles. The van der Waals surface area contributed by atoms with Crippen LogP contribution in [0.15, 0.2) is 9.59 Å². The van der Waals surface area contributed by atoms with Crippen LogP contribution < -0.4 is 16.6 Å². The molecule has 0 aromatic carbocycles. The monoisotopic (exact) mass is 321 g/mol. The maximum absolute atomic E-state index is 12.2. The number of hydrogen-bond donors (Lipinski definition) is 3. The van der Waals surface area contributed by atoms with E-state index >= 15 is 0 Å². The Hall–Kier alpha value is -2.09. The summed E-state index contributed by atoms with van der Waals surface area (Å²) >= 11 is 0. The molecule has 0 aliphatic heterocycles. The van der Waals surface area contributed by atoms with Crippen LogP contribution in [0, 0.1) is 0 Å². The minimum Gasteiger partial charge on any atom is -0.392 e. The average molecular weight is 321 g/mol. The second-order valence-corrected chi connectivity index (χ2v) is 6.36. The van der Waals surface area contributed by atoms with Gasteiger partial charge in [-0.05, 0) is 19.8 Å². The Morgan fingerprint density at radius 1 is 1.35 bits per heavy atom. The summed E-state index contributed by atoms with van der Waals surface area (Å²) in [5.41, 5.74) is -0.328. The fraction of sp³-hybridized carbons (Fsp3) is 0.667. The summed E-state index contributed by atoms with van der Waals surface area (Å²) in [6.45, 7) is 1.90. The van der Waals surface area contributed by atoms with Gasteiger partial charge in [0.05, 0.1) is 12.6 Å². The van der Waals surface area contributed by atoms with Gasteiger partial charge in [-0.3, -0.25) is 14.3 Å². The predicted molar refractivity (Wildman–Crippen MR) is 87.8 cm³/mol. The number of aliphatic hydroxyl groups is 1. The van der Waals surface area contributed by atoms with Crippen LogP contribution in [0.1, 0.15) is 39.0 Å². The Kier molecular flexibility index (Phi) is 4.25. The Morgan fingerprint density at radius 3 is 2.70 bits per heavy atom. The molecule has 126 valence electrons. The van der Waals surface area contributed by atoms with Gasteiger partial charge in [0.1, 0.15) is 0 Å². The zero-order valence-corrected chi connectivity index (χ0v) is 13.5. The first-order valence-corrected chi connectivity index (χ1v) is 8.11. The van der Waals surface area contributed by atoms with Crippen molar-refractivity contribution in [1.29, 1.82) is 0 Å². The van der Waals surface area contributed by atoms with Crippen molar-refractivity contribution in [1.82, 2.24) is 19.1 Å². The maximum atomic E-state index is 12.2. The van der Waals surface area contributed by atoms with Gasteiger partial charge in [0, 0.05) is 13.1 Å². The summed E-state index contributed by atoms with van der Waals surface area (Å²) in [4.78, 5) is 30.8. The number of aliphatic hydroxyl groups excluding tert-OH is 1. The van der Waals surface area contributed by atoms with Gasteiger partial charge in [0.25, 0.3) is 5.56 Å². The van der Waals surface area contributed by atoms with E-state index in [9.17, 15) is 14.7 Å². The summed E-state index contributed by atoms with van der Waals surface area (Å²) in [6, 6.07) is 0.310. The molecule has 8 heteroatoms. The molecule has 0 spiro atoms. The van der Waals surface area contributed by atoms with Gasteiger partial charge in [-0.15, -0.1) is 0 Å². The molecule has 1 unspecified atom stereocenters. The van der Waals surface area contributed by atoms with Crippen LogP contribution in [0.4, 0.5) is 5.95 Å². The number of imidazole rings is 1. The van der Waals surface area contributed by atoms with Gasteiger partial charge in [0.2, 0.25) is 5.95 Å². The fourth-order valence-corrected chi connectivity index (χ4v) is 3.22. The van der Waals surface area contributed by atoms with E-state index in [-0.39, 0.29) is 6.54 Å². The zero-order chi connectivity index (χ0) is 16.6. The number of H-pyrrole nitrogens is 1. The Balaban J connectivity index is 2.11. The summed E-state index contributed by atoms with van der Waals surface area (Å²) < 4.78 is 2.99. The number of nitrogens with zero attached hydrogens (tertiary/aromatic N) is 3. The van der Waals surface area contributed by atoms with Gasteiger partial charge < -0.3 is 15.0 Å². The van der Waals surface area contributed by atoms with Crippen molar-refractivity contribution >= 4 is 17.1 Å². The second-order valence-electron chi connectivity index (χ2n) is 6.36. The van der Waals surface area contributed by atoms with E-state index in [1.165, 1.54) is 23.8 Å². The number of fused-ring (bicyclic) bond motifs is 1. The molecule has 2 aromatic rings. The van der Waals surface area contributed by atoms with Crippen molar-refractivity contribution in [3.05, 3.63) is 20.8 Å². The van der Waals surface area contributed by atoms with Gasteiger partial charge in [-0.2, -0.15) is 4.98 Å². The number of aromatic amines is 1. The molecule has 3 N–H and O–H groups in total. The van der Waals surface area contributed by atoms with Crippen molar-refractivity contribution in [3.63, 3.8) is 0 Å². The number of hydrogen-bond acceptors (Lipinski definition) is 5. The molecule has 0 saturated heterocycles. The first kappa shape index (κ1) is 15.8. The maximum Gasteiger partial charge on any atom is 0.329 e. The molecule has 8 nitrogen and oxygen atoms in total. The summed E-state index contributed by atoms with van der Waals surface area (Å²) in [6.07, 6.45) is 5.09. The van der Waals surface area contributed by atoms with Gasteiger partial charge in [0.15, 0.2) is 11.2 Å². The van der Waals surface area contributed by atoms with Crippen molar-refractivity contribution in [2.24, 2.45) is 7.05 Å².